The van der Waals surface area contributed by atoms with Gasteiger partial charge in [-0.3, -0.25) is 4.79 Å². The Morgan fingerprint density at radius 2 is 1.84 bits per heavy atom. The second-order valence-corrected chi connectivity index (χ2v) is 5.48. The van der Waals surface area contributed by atoms with E-state index in [0.717, 1.165) is 5.56 Å². The third-order valence-corrected chi connectivity index (χ3v) is 3.72. The summed E-state index contributed by atoms with van der Waals surface area (Å²) in [6.07, 6.45) is 0. The molecule has 0 saturated heterocycles. The molecule has 3 aromatic rings. The molecule has 0 spiro atoms. The quantitative estimate of drug-likeness (QED) is 0.742. The van der Waals surface area contributed by atoms with E-state index in [1.165, 1.54) is 13.2 Å². The van der Waals surface area contributed by atoms with Crippen molar-refractivity contribution in [2.24, 2.45) is 0 Å². The zero-order chi connectivity index (χ0) is 18.0. The normalized spacial score (nSPS) is 10.5. The van der Waals surface area contributed by atoms with E-state index in [4.69, 9.17) is 9.15 Å². The molecule has 1 amide bonds. The number of carbonyl (C=O) groups is 2. The lowest BCUT2D eigenvalue weighted by Gasteiger charge is -2.10. The fourth-order valence-electron chi connectivity index (χ4n) is 2.48. The smallest absolute Gasteiger partial charge is 0.344 e. The number of ether oxygens (including phenoxy) is 1. The minimum Gasteiger partial charge on any atom is -0.465 e. The van der Waals surface area contributed by atoms with E-state index in [9.17, 15) is 14.4 Å². The van der Waals surface area contributed by atoms with Crippen molar-refractivity contribution in [2.45, 2.75) is 6.92 Å². The van der Waals surface area contributed by atoms with Crippen LogP contribution >= 0.6 is 0 Å². The Hall–Kier alpha value is -3.41. The molecule has 0 bridgehead atoms. The number of fused-ring (bicyclic) bond motifs is 1. The largest absolute Gasteiger partial charge is 0.465 e. The van der Waals surface area contributed by atoms with E-state index in [-0.39, 0.29) is 17.0 Å². The van der Waals surface area contributed by atoms with Gasteiger partial charge >= 0.3 is 11.6 Å². The molecular formula is C19H15NO5. The summed E-state index contributed by atoms with van der Waals surface area (Å²) in [6.45, 7) is 1.82. The standard InChI is InChI=1S/C19H15NO5/c1-11-7-8-15(14(9-11)18(22)24-2)20-17(21)16-10-12-5-3-4-6-13(12)19(23)25-16/h3-10H,1-2H3,(H,20,21). The lowest BCUT2D eigenvalue weighted by molar-refractivity contribution is 0.0602. The molecule has 1 aromatic heterocycles. The molecule has 1 N–H and O–H groups in total. The van der Waals surface area contributed by atoms with Gasteiger partial charge in [0.1, 0.15) is 0 Å². The lowest BCUT2D eigenvalue weighted by atomic mass is 10.1. The number of anilines is 1. The lowest BCUT2D eigenvalue weighted by Crippen LogP contribution is -2.17. The zero-order valence-electron chi connectivity index (χ0n) is 13.7. The van der Waals surface area contributed by atoms with Gasteiger partial charge in [0.05, 0.1) is 23.7 Å². The molecular weight excluding hydrogens is 322 g/mol. The number of carbonyl (C=O) groups excluding carboxylic acids is 2. The van der Waals surface area contributed by atoms with Gasteiger partial charge < -0.3 is 14.5 Å². The van der Waals surface area contributed by atoms with Crippen molar-refractivity contribution in [2.75, 3.05) is 12.4 Å². The van der Waals surface area contributed by atoms with E-state index in [0.29, 0.717) is 10.8 Å². The van der Waals surface area contributed by atoms with Crippen LogP contribution in [0.2, 0.25) is 0 Å². The Morgan fingerprint density at radius 3 is 2.60 bits per heavy atom. The van der Waals surface area contributed by atoms with Gasteiger partial charge in [-0.1, -0.05) is 29.8 Å². The molecule has 0 aliphatic carbocycles. The number of benzene rings is 2. The average molecular weight is 337 g/mol. The zero-order valence-corrected chi connectivity index (χ0v) is 13.7. The van der Waals surface area contributed by atoms with E-state index in [1.807, 2.05) is 6.92 Å². The molecule has 3 rings (SSSR count). The number of amides is 1. The van der Waals surface area contributed by atoms with Crippen LogP contribution in [0.4, 0.5) is 5.69 Å². The van der Waals surface area contributed by atoms with Gasteiger partial charge in [-0.25, -0.2) is 9.59 Å². The van der Waals surface area contributed by atoms with E-state index in [2.05, 4.69) is 5.32 Å². The van der Waals surface area contributed by atoms with Crippen LogP contribution in [0.25, 0.3) is 10.8 Å². The molecule has 0 aliphatic rings. The monoisotopic (exact) mass is 337 g/mol. The molecule has 0 radical (unpaired) electrons. The summed E-state index contributed by atoms with van der Waals surface area (Å²) in [5.74, 6) is -1.34. The molecule has 0 unspecified atom stereocenters. The minimum absolute atomic E-state index is 0.139. The highest BCUT2D eigenvalue weighted by atomic mass is 16.5. The van der Waals surface area contributed by atoms with Crippen molar-refractivity contribution in [3.8, 4) is 0 Å². The SMILES string of the molecule is COC(=O)c1cc(C)ccc1NC(=O)c1cc2ccccc2c(=O)o1. The van der Waals surface area contributed by atoms with Crippen molar-refractivity contribution in [3.05, 3.63) is 75.8 Å². The molecule has 25 heavy (non-hydrogen) atoms. The first-order valence-corrected chi connectivity index (χ1v) is 7.53. The summed E-state index contributed by atoms with van der Waals surface area (Å²) >= 11 is 0. The molecule has 0 aliphatic heterocycles. The number of hydrogen-bond donors (Lipinski definition) is 1. The molecule has 2 aromatic carbocycles. The maximum absolute atomic E-state index is 12.5. The minimum atomic E-state index is -0.628. The highest BCUT2D eigenvalue weighted by Crippen LogP contribution is 2.20. The fraction of sp³-hybridized carbons (Fsp3) is 0.105. The first kappa shape index (κ1) is 16.4. The first-order chi connectivity index (χ1) is 12.0. The van der Waals surface area contributed by atoms with Crippen molar-refractivity contribution in [1.29, 1.82) is 0 Å². The van der Waals surface area contributed by atoms with Crippen LogP contribution in [0.3, 0.4) is 0 Å². The maximum Gasteiger partial charge on any atom is 0.344 e. The van der Waals surface area contributed by atoms with E-state index < -0.39 is 17.5 Å². The van der Waals surface area contributed by atoms with Gasteiger partial charge in [-0.15, -0.1) is 0 Å². The molecule has 126 valence electrons. The highest BCUT2D eigenvalue weighted by molar-refractivity contribution is 6.07. The van der Waals surface area contributed by atoms with Crippen molar-refractivity contribution < 1.29 is 18.7 Å². The van der Waals surface area contributed by atoms with Crippen LogP contribution in [0.1, 0.15) is 26.5 Å². The van der Waals surface area contributed by atoms with Crippen molar-refractivity contribution >= 4 is 28.3 Å². The Balaban J connectivity index is 1.98. The van der Waals surface area contributed by atoms with Crippen LogP contribution in [-0.2, 0) is 4.74 Å². The number of rotatable bonds is 3. The number of aryl methyl sites for hydroxylation is 1. The van der Waals surface area contributed by atoms with Crippen molar-refractivity contribution in [3.63, 3.8) is 0 Å². The van der Waals surface area contributed by atoms with Gasteiger partial charge in [0.25, 0.3) is 5.91 Å². The van der Waals surface area contributed by atoms with Gasteiger partial charge in [0.2, 0.25) is 0 Å². The van der Waals surface area contributed by atoms with Crippen LogP contribution in [0.15, 0.2) is 57.7 Å². The molecule has 0 atom stereocenters. The van der Waals surface area contributed by atoms with Crippen LogP contribution < -0.4 is 10.9 Å². The third kappa shape index (κ3) is 3.28. The Bertz CT molecular complexity index is 1040. The highest BCUT2D eigenvalue weighted by Gasteiger charge is 2.17. The van der Waals surface area contributed by atoms with Crippen molar-refractivity contribution in [1.82, 2.24) is 0 Å². The van der Waals surface area contributed by atoms with Crippen LogP contribution in [0, 0.1) is 6.92 Å². The Kier molecular flexibility index (Phi) is 4.35. The second kappa shape index (κ2) is 6.60. The summed E-state index contributed by atoms with van der Waals surface area (Å²) in [6, 6.07) is 13.3. The summed E-state index contributed by atoms with van der Waals surface area (Å²) in [4.78, 5) is 36.4. The molecule has 0 saturated carbocycles. The fourth-order valence-corrected chi connectivity index (χ4v) is 2.48. The average Bonchev–Trinajstić information content (AvgIpc) is 2.62. The molecule has 1 heterocycles. The van der Waals surface area contributed by atoms with Crippen LogP contribution in [0.5, 0.6) is 0 Å². The predicted molar refractivity (Wildman–Crippen MR) is 93.0 cm³/mol. The molecule has 0 fully saturated rings. The number of methoxy groups -OCH3 is 1. The Labute approximate surface area is 143 Å². The van der Waals surface area contributed by atoms with Gasteiger partial charge in [-0.2, -0.15) is 0 Å². The maximum atomic E-state index is 12.5. The summed E-state index contributed by atoms with van der Waals surface area (Å²) in [5, 5.41) is 3.58. The molecule has 6 heteroatoms. The summed E-state index contributed by atoms with van der Waals surface area (Å²) in [7, 11) is 1.26. The summed E-state index contributed by atoms with van der Waals surface area (Å²) in [5.41, 5.74) is 0.744. The number of nitrogens with one attached hydrogen (secondary N) is 1. The first-order valence-electron chi connectivity index (χ1n) is 7.53. The number of esters is 1. The number of hydrogen-bond acceptors (Lipinski definition) is 5. The molecule has 6 nitrogen and oxygen atoms in total. The van der Waals surface area contributed by atoms with Gasteiger partial charge in [0.15, 0.2) is 5.76 Å². The predicted octanol–water partition coefficient (Wildman–Crippen LogP) is 3.14. The topological polar surface area (TPSA) is 85.6 Å². The van der Waals surface area contributed by atoms with E-state index >= 15 is 0 Å². The second-order valence-electron chi connectivity index (χ2n) is 5.48. The van der Waals surface area contributed by atoms with Crippen LogP contribution in [-0.4, -0.2) is 19.0 Å². The third-order valence-electron chi connectivity index (χ3n) is 3.72. The Morgan fingerprint density at radius 1 is 1.08 bits per heavy atom. The van der Waals surface area contributed by atoms with E-state index in [1.54, 1.807) is 42.5 Å². The van der Waals surface area contributed by atoms with Gasteiger partial charge in [-0.05, 0) is 36.6 Å². The van der Waals surface area contributed by atoms with Gasteiger partial charge in [0, 0.05) is 0 Å². The summed E-state index contributed by atoms with van der Waals surface area (Å²) < 4.78 is 9.82.